The molecule has 0 aliphatic rings. The van der Waals surface area contributed by atoms with E-state index in [0.29, 0.717) is 21.6 Å². The number of pyridine rings is 1. The fourth-order valence-corrected chi connectivity index (χ4v) is 2.97. The smallest absolute Gasteiger partial charge is 0.333 e. The van der Waals surface area contributed by atoms with E-state index < -0.39 is 0 Å². The van der Waals surface area contributed by atoms with Gasteiger partial charge in [0, 0.05) is 23.8 Å². The van der Waals surface area contributed by atoms with Gasteiger partial charge in [-0.2, -0.15) is 0 Å². The number of amides is 1. The molecule has 0 unspecified atom stereocenters. The predicted molar refractivity (Wildman–Crippen MR) is 92.7 cm³/mol. The number of nitrogens with zero attached hydrogens (tertiary/aromatic N) is 3. The molecule has 124 valence electrons. The minimum Gasteiger partial charge on any atom is -0.445 e. The van der Waals surface area contributed by atoms with Crippen molar-refractivity contribution in [2.24, 2.45) is 0 Å². The van der Waals surface area contributed by atoms with Gasteiger partial charge in [-0.3, -0.25) is 9.88 Å². The Bertz CT molecular complexity index is 1060. The Kier molecular flexibility index (Phi) is 3.87. The summed E-state index contributed by atoms with van der Waals surface area (Å²) in [5, 5.41) is 4.37. The van der Waals surface area contributed by atoms with E-state index in [0.717, 1.165) is 16.7 Å². The number of carbonyl (C=O) groups excluding carboxylic acids is 1. The number of anilines is 1. The van der Waals surface area contributed by atoms with Gasteiger partial charge in [-0.25, -0.2) is 19.2 Å². The Morgan fingerprint density at radius 1 is 1.20 bits per heavy atom. The molecule has 3 heterocycles. The fourth-order valence-electron chi connectivity index (χ4n) is 2.29. The monoisotopic (exact) mass is 354 g/mol. The molecule has 4 aromatic rings. The van der Waals surface area contributed by atoms with Crippen molar-refractivity contribution < 1.29 is 13.9 Å². The normalized spacial score (nSPS) is 10.8. The van der Waals surface area contributed by atoms with Gasteiger partial charge < -0.3 is 4.74 Å². The van der Waals surface area contributed by atoms with Crippen molar-refractivity contribution in [2.45, 2.75) is 0 Å². The maximum Gasteiger partial charge on any atom is 0.333 e. The predicted octanol–water partition coefficient (Wildman–Crippen LogP) is 4.50. The lowest BCUT2D eigenvalue weighted by molar-refractivity contribution is 0.254. The molecule has 0 radical (unpaired) electrons. The highest BCUT2D eigenvalue weighted by Crippen LogP contribution is 2.30. The fraction of sp³-hybridized carbons (Fsp3) is 0. The number of hydrogen-bond acceptors (Lipinski definition) is 5. The molecule has 1 N–H and O–H groups in total. The average Bonchev–Trinajstić information content (AvgIpc) is 3.21. The summed E-state index contributed by atoms with van der Waals surface area (Å²) in [6.07, 6.45) is 4.74. The van der Waals surface area contributed by atoms with Gasteiger partial charge in [-0.15, -0.1) is 0 Å². The number of rotatable bonds is 3. The number of benzene rings is 1. The Morgan fingerprint density at radius 2 is 2.12 bits per heavy atom. The van der Waals surface area contributed by atoms with Crippen LogP contribution in [0.3, 0.4) is 0 Å². The highest BCUT2D eigenvalue weighted by atomic mass is 32.1. The van der Waals surface area contributed by atoms with Crippen LogP contribution in [0.4, 0.5) is 14.3 Å². The summed E-state index contributed by atoms with van der Waals surface area (Å²) < 4.78 is 20.1. The zero-order valence-corrected chi connectivity index (χ0v) is 13.5. The van der Waals surface area contributed by atoms with Gasteiger partial charge in [0.05, 0.1) is 6.20 Å². The van der Waals surface area contributed by atoms with Gasteiger partial charge in [0.1, 0.15) is 17.2 Å². The van der Waals surface area contributed by atoms with E-state index in [1.807, 2.05) is 12.1 Å². The number of carbonyl (C=O) groups is 1. The number of hydrogen-bond donors (Lipinski definition) is 1. The van der Waals surface area contributed by atoms with Gasteiger partial charge in [-0.05, 0) is 30.3 Å². The van der Waals surface area contributed by atoms with Gasteiger partial charge >= 0.3 is 6.03 Å². The number of thiazole rings is 1. The first-order chi connectivity index (χ1) is 12.2. The zero-order valence-electron chi connectivity index (χ0n) is 12.7. The summed E-state index contributed by atoms with van der Waals surface area (Å²) in [5.74, 6) is -0.0235. The van der Waals surface area contributed by atoms with E-state index in [1.165, 1.54) is 22.9 Å². The highest BCUT2D eigenvalue weighted by Gasteiger charge is 2.12. The van der Waals surface area contributed by atoms with E-state index in [1.54, 1.807) is 30.6 Å². The van der Waals surface area contributed by atoms with Crippen molar-refractivity contribution >= 4 is 33.5 Å². The van der Waals surface area contributed by atoms with Gasteiger partial charge in [0.25, 0.3) is 0 Å². The molecular weight excluding hydrogens is 343 g/mol. The molecule has 6 nitrogen and oxygen atoms in total. The van der Waals surface area contributed by atoms with Crippen LogP contribution in [-0.4, -0.2) is 20.6 Å². The van der Waals surface area contributed by atoms with E-state index >= 15 is 0 Å². The Labute approximate surface area is 145 Å². The molecule has 0 fully saturated rings. The van der Waals surface area contributed by atoms with Crippen molar-refractivity contribution in [3.63, 3.8) is 0 Å². The van der Waals surface area contributed by atoms with Crippen LogP contribution in [0.5, 0.6) is 10.8 Å². The van der Waals surface area contributed by atoms with Crippen LogP contribution < -0.4 is 10.1 Å². The van der Waals surface area contributed by atoms with Crippen LogP contribution in [0.25, 0.3) is 11.0 Å². The molecule has 0 bridgehead atoms. The molecular formula is C17H11FN4O2S. The molecule has 0 saturated heterocycles. The third-order valence-corrected chi connectivity index (χ3v) is 4.17. The number of ether oxygens (including phenoxy) is 1. The largest absolute Gasteiger partial charge is 0.445 e. The molecule has 0 atom stereocenters. The molecule has 1 aromatic carbocycles. The van der Waals surface area contributed by atoms with E-state index in [4.69, 9.17) is 4.74 Å². The lowest BCUT2D eigenvalue weighted by Crippen LogP contribution is -2.18. The molecule has 8 heteroatoms. The molecule has 4 rings (SSSR count). The van der Waals surface area contributed by atoms with E-state index in [-0.39, 0.29) is 11.8 Å². The molecule has 0 saturated carbocycles. The van der Waals surface area contributed by atoms with Crippen LogP contribution in [0.1, 0.15) is 0 Å². The minimum atomic E-state index is -0.387. The third kappa shape index (κ3) is 3.20. The molecule has 3 aromatic heterocycles. The first-order valence-electron chi connectivity index (χ1n) is 7.32. The van der Waals surface area contributed by atoms with Crippen molar-refractivity contribution in [2.75, 3.05) is 5.32 Å². The van der Waals surface area contributed by atoms with Crippen molar-refractivity contribution in [1.82, 2.24) is 14.5 Å². The zero-order chi connectivity index (χ0) is 17.2. The van der Waals surface area contributed by atoms with Gasteiger partial charge in [0.15, 0.2) is 5.13 Å². The molecule has 25 heavy (non-hydrogen) atoms. The van der Waals surface area contributed by atoms with Crippen molar-refractivity contribution in [3.05, 3.63) is 66.9 Å². The van der Waals surface area contributed by atoms with Crippen molar-refractivity contribution in [1.29, 1.82) is 0 Å². The summed E-state index contributed by atoms with van der Waals surface area (Å²) in [4.78, 5) is 20.7. The maximum absolute atomic E-state index is 13.2. The molecule has 0 aliphatic heterocycles. The number of nitrogens with one attached hydrogen (secondary N) is 1. The number of halogens is 1. The van der Waals surface area contributed by atoms with Crippen LogP contribution in [-0.2, 0) is 0 Å². The number of aromatic nitrogens is 3. The summed E-state index contributed by atoms with van der Waals surface area (Å²) in [6.45, 7) is 0. The average molecular weight is 354 g/mol. The van der Waals surface area contributed by atoms with Crippen LogP contribution in [0.15, 0.2) is 61.1 Å². The lowest BCUT2D eigenvalue weighted by atomic mass is 10.3. The van der Waals surface area contributed by atoms with Gasteiger partial charge in [0.2, 0.25) is 5.06 Å². The number of fused-ring (bicyclic) bond motifs is 1. The topological polar surface area (TPSA) is 69.0 Å². The maximum atomic E-state index is 13.2. The minimum absolute atomic E-state index is 0.363. The first kappa shape index (κ1) is 15.3. The molecule has 0 aliphatic carbocycles. The third-order valence-electron chi connectivity index (χ3n) is 3.38. The Hall–Kier alpha value is -3.26. The summed E-state index contributed by atoms with van der Waals surface area (Å²) >= 11 is 1.14. The second-order valence-corrected chi connectivity index (χ2v) is 6.07. The van der Waals surface area contributed by atoms with Gasteiger partial charge in [-0.1, -0.05) is 17.4 Å². The lowest BCUT2D eigenvalue weighted by Gasteiger charge is -2.03. The molecule has 0 spiro atoms. The summed E-state index contributed by atoms with van der Waals surface area (Å²) in [7, 11) is 0. The van der Waals surface area contributed by atoms with Crippen LogP contribution >= 0.6 is 11.3 Å². The summed E-state index contributed by atoms with van der Waals surface area (Å²) in [5.41, 5.74) is 0.563. The molecule has 1 amide bonds. The van der Waals surface area contributed by atoms with Crippen LogP contribution in [0, 0.1) is 5.82 Å². The standard InChI is InChI=1S/C17H11FN4O2S/c18-12-4-1-5-13(9-12)24-14-10-20-16(25-14)21-17(23)22-8-6-11-3-2-7-19-15(11)22/h1-10H,(H,20,21,23). The van der Waals surface area contributed by atoms with E-state index in [2.05, 4.69) is 15.3 Å². The SMILES string of the molecule is O=C(Nc1ncc(Oc2cccc(F)c2)s1)n1ccc2cccnc21. The quantitative estimate of drug-likeness (QED) is 0.588. The Morgan fingerprint density at radius 3 is 3.00 bits per heavy atom. The highest BCUT2D eigenvalue weighted by molar-refractivity contribution is 7.17. The Balaban J connectivity index is 1.50. The first-order valence-corrected chi connectivity index (χ1v) is 8.13. The summed E-state index contributed by atoms with van der Waals surface area (Å²) in [6, 6.07) is 10.9. The van der Waals surface area contributed by atoms with E-state index in [9.17, 15) is 9.18 Å². The second-order valence-electron chi connectivity index (χ2n) is 5.08. The van der Waals surface area contributed by atoms with Crippen molar-refractivity contribution in [3.8, 4) is 10.8 Å². The second kappa shape index (κ2) is 6.33. The van der Waals surface area contributed by atoms with Crippen LogP contribution in [0.2, 0.25) is 0 Å².